The summed E-state index contributed by atoms with van der Waals surface area (Å²) in [6, 6.07) is 14.9. The molecule has 2 aromatic carbocycles. The van der Waals surface area contributed by atoms with Gasteiger partial charge in [0.05, 0.1) is 17.6 Å². The smallest absolute Gasteiger partial charge is 0.248 e. The van der Waals surface area contributed by atoms with Crippen molar-refractivity contribution in [2.24, 2.45) is 5.73 Å². The van der Waals surface area contributed by atoms with Crippen LogP contribution >= 0.6 is 11.3 Å². The fourth-order valence-corrected chi connectivity index (χ4v) is 3.89. The Morgan fingerprint density at radius 1 is 1.17 bits per heavy atom. The van der Waals surface area contributed by atoms with E-state index in [1.165, 1.54) is 0 Å². The van der Waals surface area contributed by atoms with Crippen LogP contribution in [0.25, 0.3) is 23.1 Å². The third-order valence-electron chi connectivity index (χ3n) is 4.73. The molecule has 30 heavy (non-hydrogen) atoms. The second-order valence-electron chi connectivity index (χ2n) is 6.95. The zero-order valence-corrected chi connectivity index (χ0v) is 17.1. The molecule has 4 aromatic rings. The molecule has 2 heterocycles. The van der Waals surface area contributed by atoms with E-state index in [2.05, 4.69) is 15.5 Å². The van der Waals surface area contributed by atoms with Gasteiger partial charge in [-0.3, -0.25) is 14.7 Å². The summed E-state index contributed by atoms with van der Waals surface area (Å²) < 4.78 is 0. The molecule has 150 valence electrons. The van der Waals surface area contributed by atoms with Gasteiger partial charge < -0.3 is 11.1 Å². The molecule has 0 aliphatic heterocycles. The van der Waals surface area contributed by atoms with Crippen LogP contribution in [0.15, 0.2) is 53.9 Å². The number of aromatic nitrogens is 2. The third kappa shape index (κ3) is 4.31. The number of aryl methyl sites for hydroxylation is 1. The van der Waals surface area contributed by atoms with Crippen molar-refractivity contribution < 1.29 is 9.59 Å². The summed E-state index contributed by atoms with van der Waals surface area (Å²) in [4.78, 5) is 24.8. The molecule has 4 rings (SSSR count). The van der Waals surface area contributed by atoms with Crippen molar-refractivity contribution in [3.8, 4) is 0 Å². The molecule has 0 bridgehead atoms. The summed E-state index contributed by atoms with van der Waals surface area (Å²) in [6.07, 6.45) is 4.09. The molecule has 0 spiro atoms. The number of nitrogens with one attached hydrogen (secondary N) is 2. The molecule has 0 saturated carbocycles. The molecule has 4 N–H and O–H groups in total. The number of fused-ring (bicyclic) bond motifs is 1. The number of carbonyl (C=O) groups is 2. The van der Waals surface area contributed by atoms with E-state index in [4.69, 9.17) is 5.73 Å². The van der Waals surface area contributed by atoms with Gasteiger partial charge in [0.2, 0.25) is 11.8 Å². The van der Waals surface area contributed by atoms with E-state index in [0.717, 1.165) is 38.3 Å². The van der Waals surface area contributed by atoms with Crippen LogP contribution in [-0.2, 0) is 11.2 Å². The number of nitrogens with two attached hydrogens (primary N) is 1. The number of aromatic amines is 1. The minimum atomic E-state index is -0.464. The van der Waals surface area contributed by atoms with Gasteiger partial charge in [0.25, 0.3) is 0 Å². The normalized spacial score (nSPS) is 11.2. The number of anilines is 1. The van der Waals surface area contributed by atoms with Crippen molar-refractivity contribution in [2.45, 2.75) is 13.3 Å². The predicted molar refractivity (Wildman–Crippen MR) is 121 cm³/mol. The summed E-state index contributed by atoms with van der Waals surface area (Å²) >= 11 is 1.57. The van der Waals surface area contributed by atoms with Crippen LogP contribution in [0.1, 0.15) is 32.1 Å². The Kier molecular flexibility index (Phi) is 5.45. The topological polar surface area (TPSA) is 101 Å². The number of H-pyrrole nitrogens is 1. The number of hydrogen-bond acceptors (Lipinski definition) is 4. The summed E-state index contributed by atoms with van der Waals surface area (Å²) in [5.41, 5.74) is 9.98. The van der Waals surface area contributed by atoms with Crippen LogP contribution in [0.2, 0.25) is 0 Å². The number of rotatable bonds is 6. The number of amides is 2. The van der Waals surface area contributed by atoms with E-state index in [1.54, 1.807) is 29.5 Å². The van der Waals surface area contributed by atoms with Crippen molar-refractivity contribution in [2.75, 3.05) is 5.32 Å². The molecule has 0 saturated heterocycles. The summed E-state index contributed by atoms with van der Waals surface area (Å²) in [6.45, 7) is 1.95. The maximum Gasteiger partial charge on any atom is 0.248 e. The molecule has 0 radical (unpaired) electrons. The quantitative estimate of drug-likeness (QED) is 0.435. The number of benzene rings is 2. The van der Waals surface area contributed by atoms with E-state index in [1.807, 2.05) is 54.8 Å². The minimum absolute atomic E-state index is 0.0521. The highest BCUT2D eigenvalue weighted by molar-refractivity contribution is 7.10. The van der Waals surface area contributed by atoms with Crippen LogP contribution in [0.5, 0.6) is 0 Å². The number of carbonyl (C=O) groups excluding carboxylic acids is 2. The molecule has 0 atom stereocenters. The number of nitrogens with zero attached hydrogens (tertiary/aromatic N) is 1. The van der Waals surface area contributed by atoms with Crippen LogP contribution in [0, 0.1) is 6.92 Å². The molecule has 7 heteroatoms. The Morgan fingerprint density at radius 3 is 2.80 bits per heavy atom. The predicted octanol–water partition coefficient (Wildman–Crippen LogP) is 4.38. The summed E-state index contributed by atoms with van der Waals surface area (Å²) in [5.74, 6) is -0.516. The summed E-state index contributed by atoms with van der Waals surface area (Å²) in [7, 11) is 0. The highest BCUT2D eigenvalue weighted by atomic mass is 32.1. The average Bonchev–Trinajstić information content (AvgIpc) is 3.36. The van der Waals surface area contributed by atoms with Gasteiger partial charge in [0.15, 0.2) is 0 Å². The van der Waals surface area contributed by atoms with E-state index < -0.39 is 5.91 Å². The lowest BCUT2D eigenvalue weighted by Crippen LogP contribution is -2.14. The first-order chi connectivity index (χ1) is 14.5. The van der Waals surface area contributed by atoms with Crippen molar-refractivity contribution >= 4 is 51.9 Å². The largest absolute Gasteiger partial charge is 0.366 e. The standard InChI is InChI=1S/C23H20N4O2S/c1-14-10-21-18(13-20(14)25-22(28)12-17-6-3-9-30-17)19(26-27-21)8-7-15-4-2-5-16(11-15)23(24)29/h2-11,13H,12H2,1H3,(H2,24,29)(H,25,28)(H,26,27). The van der Waals surface area contributed by atoms with Crippen molar-refractivity contribution in [3.05, 3.63) is 81.2 Å². The van der Waals surface area contributed by atoms with Crippen molar-refractivity contribution in [3.63, 3.8) is 0 Å². The molecular weight excluding hydrogens is 396 g/mol. The van der Waals surface area contributed by atoms with Crippen LogP contribution in [-0.4, -0.2) is 22.0 Å². The average molecular weight is 417 g/mol. The third-order valence-corrected chi connectivity index (χ3v) is 5.61. The van der Waals surface area contributed by atoms with Gasteiger partial charge >= 0.3 is 0 Å². The molecule has 0 aliphatic carbocycles. The Hall–Kier alpha value is -3.71. The first kappa shape index (κ1) is 19.6. The molecular formula is C23H20N4O2S. The van der Waals surface area contributed by atoms with Gasteiger partial charge in [-0.05, 0) is 59.8 Å². The first-order valence-electron chi connectivity index (χ1n) is 9.38. The molecule has 0 unspecified atom stereocenters. The van der Waals surface area contributed by atoms with Gasteiger partial charge in [-0.25, -0.2) is 0 Å². The van der Waals surface area contributed by atoms with E-state index >= 15 is 0 Å². The van der Waals surface area contributed by atoms with Crippen LogP contribution in [0.3, 0.4) is 0 Å². The second kappa shape index (κ2) is 8.34. The Bertz CT molecular complexity index is 1260. The first-order valence-corrected chi connectivity index (χ1v) is 10.3. The van der Waals surface area contributed by atoms with Gasteiger partial charge in [0.1, 0.15) is 0 Å². The van der Waals surface area contributed by atoms with Gasteiger partial charge in [0, 0.05) is 21.5 Å². The highest BCUT2D eigenvalue weighted by Gasteiger charge is 2.11. The lowest BCUT2D eigenvalue weighted by atomic mass is 10.1. The number of thiophene rings is 1. The zero-order valence-electron chi connectivity index (χ0n) is 16.3. The van der Waals surface area contributed by atoms with Gasteiger partial charge in [-0.2, -0.15) is 5.10 Å². The van der Waals surface area contributed by atoms with Gasteiger partial charge in [-0.1, -0.05) is 24.3 Å². The Balaban J connectivity index is 1.59. The second-order valence-corrected chi connectivity index (χ2v) is 7.98. The van der Waals surface area contributed by atoms with E-state index in [-0.39, 0.29) is 5.91 Å². The monoisotopic (exact) mass is 416 g/mol. The maximum atomic E-state index is 12.4. The molecule has 0 fully saturated rings. The molecule has 2 amide bonds. The van der Waals surface area contributed by atoms with Crippen LogP contribution < -0.4 is 11.1 Å². The fraction of sp³-hybridized carbons (Fsp3) is 0.0870. The van der Waals surface area contributed by atoms with E-state index in [0.29, 0.717) is 12.0 Å². The zero-order chi connectivity index (χ0) is 21.1. The Labute approximate surface area is 177 Å². The molecule has 2 aromatic heterocycles. The Morgan fingerprint density at radius 2 is 2.03 bits per heavy atom. The highest BCUT2D eigenvalue weighted by Crippen LogP contribution is 2.26. The number of hydrogen-bond donors (Lipinski definition) is 3. The minimum Gasteiger partial charge on any atom is -0.366 e. The lowest BCUT2D eigenvalue weighted by molar-refractivity contribution is -0.115. The SMILES string of the molecule is Cc1cc2[nH]nc(C=Cc3cccc(C(N)=O)c3)c2cc1NC(=O)Cc1cccs1. The molecule has 6 nitrogen and oxygen atoms in total. The van der Waals surface area contributed by atoms with Gasteiger partial charge in [-0.15, -0.1) is 11.3 Å². The van der Waals surface area contributed by atoms with Crippen LogP contribution in [0.4, 0.5) is 5.69 Å². The summed E-state index contributed by atoms with van der Waals surface area (Å²) in [5, 5.41) is 13.3. The van der Waals surface area contributed by atoms with Crippen molar-refractivity contribution in [1.29, 1.82) is 0 Å². The molecule has 0 aliphatic rings. The fourth-order valence-electron chi connectivity index (χ4n) is 3.19. The maximum absolute atomic E-state index is 12.4. The van der Waals surface area contributed by atoms with E-state index in [9.17, 15) is 9.59 Å². The number of primary amides is 1. The van der Waals surface area contributed by atoms with Crippen molar-refractivity contribution in [1.82, 2.24) is 10.2 Å². The lowest BCUT2D eigenvalue weighted by Gasteiger charge is -2.08.